The lowest BCUT2D eigenvalue weighted by molar-refractivity contribution is 0.0996. The number of halogens is 1. The van der Waals surface area contributed by atoms with Gasteiger partial charge >= 0.3 is 0 Å². The largest absolute Gasteiger partial charge is 0.380 e. The van der Waals surface area contributed by atoms with E-state index in [9.17, 15) is 17.6 Å². The summed E-state index contributed by atoms with van der Waals surface area (Å²) in [5, 5.41) is 0. The molecule has 1 aromatic heterocycles. The van der Waals surface area contributed by atoms with Gasteiger partial charge in [-0.05, 0) is 43.3 Å². The lowest BCUT2D eigenvalue weighted by Gasteiger charge is -2.06. The van der Waals surface area contributed by atoms with Crippen LogP contribution in [0.25, 0.3) is 10.2 Å². The average Bonchev–Trinajstić information content (AvgIpc) is 3.06. The van der Waals surface area contributed by atoms with E-state index in [0.29, 0.717) is 34.8 Å². The second-order valence-electron chi connectivity index (χ2n) is 6.16. The lowest BCUT2D eigenvalue weighted by Crippen LogP contribution is -2.20. The van der Waals surface area contributed by atoms with Crippen LogP contribution in [0.4, 0.5) is 4.39 Å². The summed E-state index contributed by atoms with van der Waals surface area (Å²) in [5.41, 5.74) is 0.641. The van der Waals surface area contributed by atoms with Crippen molar-refractivity contribution in [2.45, 2.75) is 25.3 Å². The predicted molar refractivity (Wildman–Crippen MR) is 110 cm³/mol. The molecule has 3 rings (SSSR count). The molecule has 0 aliphatic carbocycles. The van der Waals surface area contributed by atoms with Crippen molar-refractivity contribution >= 4 is 37.3 Å². The van der Waals surface area contributed by atoms with Crippen LogP contribution in [0.5, 0.6) is 0 Å². The number of benzene rings is 2. The molecule has 0 N–H and O–H groups in total. The van der Waals surface area contributed by atoms with Crippen LogP contribution in [0.3, 0.4) is 0 Å². The molecule has 2 aromatic carbocycles. The van der Waals surface area contributed by atoms with Crippen LogP contribution < -0.4 is 4.80 Å². The Morgan fingerprint density at radius 1 is 1.17 bits per heavy atom. The van der Waals surface area contributed by atoms with Gasteiger partial charge in [-0.3, -0.25) is 4.79 Å². The number of nitrogens with zero attached hydrogens (tertiary/aromatic N) is 2. The number of amides is 1. The van der Waals surface area contributed by atoms with E-state index in [1.807, 2.05) is 6.92 Å². The molecule has 0 spiro atoms. The molecular formula is C20H21FN2O4S2. The quantitative estimate of drug-likeness (QED) is 0.532. The van der Waals surface area contributed by atoms with Crippen molar-refractivity contribution in [1.82, 2.24) is 4.57 Å². The van der Waals surface area contributed by atoms with Gasteiger partial charge in [-0.15, -0.1) is 0 Å². The van der Waals surface area contributed by atoms with Gasteiger partial charge in [0.1, 0.15) is 5.82 Å². The maximum absolute atomic E-state index is 14.4. The summed E-state index contributed by atoms with van der Waals surface area (Å²) < 4.78 is 45.9. The van der Waals surface area contributed by atoms with E-state index in [4.69, 9.17) is 4.74 Å². The highest BCUT2D eigenvalue weighted by molar-refractivity contribution is 7.91. The normalized spacial score (nSPS) is 12.6. The number of rotatable bonds is 7. The molecule has 9 heteroatoms. The van der Waals surface area contributed by atoms with E-state index >= 15 is 0 Å². The Kier molecular flexibility index (Phi) is 6.61. The first-order valence-electron chi connectivity index (χ1n) is 9.15. The first kappa shape index (κ1) is 21.4. The van der Waals surface area contributed by atoms with Gasteiger partial charge < -0.3 is 9.30 Å². The molecule has 0 bridgehead atoms. The molecule has 1 amide bonds. The zero-order valence-electron chi connectivity index (χ0n) is 16.1. The maximum Gasteiger partial charge on any atom is 0.279 e. The number of thiazole rings is 1. The Morgan fingerprint density at radius 2 is 1.90 bits per heavy atom. The van der Waals surface area contributed by atoms with Gasteiger partial charge in [-0.25, -0.2) is 12.8 Å². The van der Waals surface area contributed by atoms with Gasteiger partial charge in [0.25, 0.3) is 5.91 Å². The monoisotopic (exact) mass is 436 g/mol. The van der Waals surface area contributed by atoms with Crippen molar-refractivity contribution in [3.63, 3.8) is 0 Å². The van der Waals surface area contributed by atoms with Gasteiger partial charge in [0, 0.05) is 18.7 Å². The summed E-state index contributed by atoms with van der Waals surface area (Å²) in [4.78, 5) is 17.3. The Bertz CT molecular complexity index is 1200. The molecule has 0 unspecified atom stereocenters. The molecule has 3 aromatic rings. The summed E-state index contributed by atoms with van der Waals surface area (Å²) in [5.74, 6) is -0.932. The van der Waals surface area contributed by atoms with E-state index in [-0.39, 0.29) is 16.2 Å². The summed E-state index contributed by atoms with van der Waals surface area (Å²) >= 11 is 1.21. The second kappa shape index (κ2) is 8.98. The van der Waals surface area contributed by atoms with E-state index in [1.165, 1.54) is 41.7 Å². The van der Waals surface area contributed by atoms with Crippen molar-refractivity contribution in [2.75, 3.05) is 19.0 Å². The van der Waals surface area contributed by atoms with Crippen molar-refractivity contribution < 1.29 is 22.3 Å². The van der Waals surface area contributed by atoms with Crippen molar-refractivity contribution in [2.24, 2.45) is 4.99 Å². The van der Waals surface area contributed by atoms with E-state index in [0.717, 1.165) is 0 Å². The maximum atomic E-state index is 14.4. The van der Waals surface area contributed by atoms with Crippen molar-refractivity contribution in [1.29, 1.82) is 0 Å². The van der Waals surface area contributed by atoms with Crippen LogP contribution in [0.15, 0.2) is 52.4 Å². The zero-order valence-corrected chi connectivity index (χ0v) is 17.7. The summed E-state index contributed by atoms with van der Waals surface area (Å²) in [6.07, 6.45) is 0. The molecule has 154 valence electrons. The zero-order chi connectivity index (χ0) is 21.0. The minimum atomic E-state index is -3.34. The average molecular weight is 437 g/mol. The fourth-order valence-electron chi connectivity index (χ4n) is 2.80. The molecule has 0 aliphatic rings. The van der Waals surface area contributed by atoms with Crippen LogP contribution in [0.1, 0.15) is 24.2 Å². The molecule has 6 nitrogen and oxygen atoms in total. The first-order chi connectivity index (χ1) is 13.9. The van der Waals surface area contributed by atoms with Crippen LogP contribution in [-0.2, 0) is 21.1 Å². The number of hydrogen-bond acceptors (Lipinski definition) is 5. The first-order valence-corrected chi connectivity index (χ1v) is 11.6. The number of fused-ring (bicyclic) bond motifs is 1. The predicted octanol–water partition coefficient (Wildman–Crippen LogP) is 3.41. The van der Waals surface area contributed by atoms with E-state index < -0.39 is 21.6 Å². The molecular weight excluding hydrogens is 415 g/mol. The van der Waals surface area contributed by atoms with Crippen molar-refractivity contribution in [3.8, 4) is 0 Å². The SMILES string of the molecule is CCOCCn1c(=NC(=O)c2ccc(S(=O)(=O)CC)cc2)sc2cccc(F)c21. The molecule has 0 atom stereocenters. The summed E-state index contributed by atoms with van der Waals surface area (Å²) in [6, 6.07) is 10.4. The number of sulfone groups is 1. The Labute approximate surface area is 172 Å². The summed E-state index contributed by atoms with van der Waals surface area (Å²) in [6.45, 7) is 4.68. The third-order valence-electron chi connectivity index (χ3n) is 4.35. The molecule has 0 saturated carbocycles. The lowest BCUT2D eigenvalue weighted by atomic mass is 10.2. The highest BCUT2D eigenvalue weighted by Gasteiger charge is 2.14. The smallest absolute Gasteiger partial charge is 0.279 e. The van der Waals surface area contributed by atoms with Crippen LogP contribution >= 0.6 is 11.3 Å². The molecule has 0 aliphatic heterocycles. The van der Waals surface area contributed by atoms with Gasteiger partial charge in [-0.1, -0.05) is 24.3 Å². The second-order valence-corrected chi connectivity index (χ2v) is 9.45. The summed E-state index contributed by atoms with van der Waals surface area (Å²) in [7, 11) is -3.34. The Balaban J connectivity index is 2.02. The fourth-order valence-corrected chi connectivity index (χ4v) is 4.76. The van der Waals surface area contributed by atoms with Gasteiger partial charge in [-0.2, -0.15) is 4.99 Å². The number of carbonyl (C=O) groups excluding carboxylic acids is 1. The van der Waals surface area contributed by atoms with Gasteiger partial charge in [0.2, 0.25) is 0 Å². The fraction of sp³-hybridized carbons (Fsp3) is 0.300. The minimum Gasteiger partial charge on any atom is -0.380 e. The molecule has 29 heavy (non-hydrogen) atoms. The van der Waals surface area contributed by atoms with Crippen LogP contribution in [0, 0.1) is 5.82 Å². The number of ether oxygens (including phenoxy) is 1. The molecule has 0 radical (unpaired) electrons. The standard InChI is InChI=1S/C20H21FN2O4S2/c1-3-27-13-12-23-18-16(21)6-5-7-17(18)28-20(23)22-19(24)14-8-10-15(11-9-14)29(25,26)4-2/h5-11H,3-4,12-13H2,1-2H3. The number of carbonyl (C=O) groups is 1. The van der Waals surface area contributed by atoms with Crippen LogP contribution in [0.2, 0.25) is 0 Å². The van der Waals surface area contributed by atoms with Crippen molar-refractivity contribution in [3.05, 3.63) is 58.6 Å². The van der Waals surface area contributed by atoms with Gasteiger partial charge in [0.15, 0.2) is 14.6 Å². The third kappa shape index (κ3) is 4.63. The molecule has 1 heterocycles. The molecule has 0 fully saturated rings. The Morgan fingerprint density at radius 3 is 2.55 bits per heavy atom. The number of hydrogen-bond donors (Lipinski definition) is 0. The number of para-hydroxylation sites is 1. The highest BCUT2D eigenvalue weighted by Crippen LogP contribution is 2.20. The van der Waals surface area contributed by atoms with E-state index in [1.54, 1.807) is 23.6 Å². The third-order valence-corrected chi connectivity index (χ3v) is 7.15. The highest BCUT2D eigenvalue weighted by atomic mass is 32.2. The minimum absolute atomic E-state index is 0.0160. The van der Waals surface area contributed by atoms with E-state index in [2.05, 4.69) is 4.99 Å². The number of aromatic nitrogens is 1. The topological polar surface area (TPSA) is 77.7 Å². The molecule has 0 saturated heterocycles. The van der Waals surface area contributed by atoms with Gasteiger partial charge in [0.05, 0.1) is 27.5 Å². The Hall–Kier alpha value is -2.36. The van der Waals surface area contributed by atoms with Crippen LogP contribution in [-0.4, -0.2) is 37.9 Å².